The highest BCUT2D eigenvalue weighted by molar-refractivity contribution is 7.99. The van der Waals surface area contributed by atoms with E-state index in [4.69, 9.17) is 17.2 Å². The van der Waals surface area contributed by atoms with Crippen LogP contribution in [0.5, 0.6) is 0 Å². The van der Waals surface area contributed by atoms with Crippen LogP contribution in [-0.2, 0) is 0 Å². The molecule has 0 bridgehead atoms. The van der Waals surface area contributed by atoms with Gasteiger partial charge in [-0.25, -0.2) is 15.0 Å². The van der Waals surface area contributed by atoms with Crippen LogP contribution in [0.4, 0.5) is 11.8 Å². The standard InChI is InChI=1S/C20H27N7S2/c1-14-7-11-27(12-8-14)16-13-17(29-20-21-9-4-10-22-20)25-18(24-16)26-19(28)23-15-5-2-3-6-15/h4,9-10,13-15H,2-3,5-8,11-12H2,1H3,(H2,23,24,25,26,28). The zero-order valence-electron chi connectivity index (χ0n) is 16.7. The highest BCUT2D eigenvalue weighted by Gasteiger charge is 2.20. The minimum absolute atomic E-state index is 0.452. The van der Waals surface area contributed by atoms with Gasteiger partial charge in [0, 0.05) is 37.6 Å². The first-order chi connectivity index (χ1) is 14.2. The molecule has 2 fully saturated rings. The Bertz CT molecular complexity index is 819. The molecule has 9 heteroatoms. The average molecular weight is 430 g/mol. The molecule has 1 saturated heterocycles. The number of piperidine rings is 1. The second kappa shape index (κ2) is 9.67. The Hall–Kier alpha value is -2.00. The van der Waals surface area contributed by atoms with E-state index in [-0.39, 0.29) is 0 Å². The summed E-state index contributed by atoms with van der Waals surface area (Å²) < 4.78 is 0. The SMILES string of the molecule is CC1CCN(c2cc(Sc3ncccn3)nc(NC(=S)NC3CCCC3)n2)CC1. The molecule has 2 aromatic heterocycles. The van der Waals surface area contributed by atoms with Crippen LogP contribution in [0.3, 0.4) is 0 Å². The molecule has 2 aliphatic rings. The second-order valence-electron chi connectivity index (χ2n) is 7.77. The van der Waals surface area contributed by atoms with Gasteiger partial charge < -0.3 is 15.5 Å². The first-order valence-electron chi connectivity index (χ1n) is 10.3. The number of rotatable bonds is 5. The van der Waals surface area contributed by atoms with Crippen LogP contribution in [0.1, 0.15) is 45.4 Å². The maximum absolute atomic E-state index is 5.51. The summed E-state index contributed by atoms with van der Waals surface area (Å²) in [5.74, 6) is 2.21. The molecule has 0 aromatic carbocycles. The minimum Gasteiger partial charge on any atom is -0.360 e. The number of nitrogens with zero attached hydrogens (tertiary/aromatic N) is 5. The number of anilines is 2. The zero-order chi connectivity index (χ0) is 20.1. The van der Waals surface area contributed by atoms with Gasteiger partial charge in [-0.3, -0.25) is 0 Å². The molecule has 1 saturated carbocycles. The van der Waals surface area contributed by atoms with Gasteiger partial charge in [-0.2, -0.15) is 4.98 Å². The Morgan fingerprint density at radius 1 is 1.10 bits per heavy atom. The highest BCUT2D eigenvalue weighted by atomic mass is 32.2. The van der Waals surface area contributed by atoms with Crippen molar-refractivity contribution in [3.63, 3.8) is 0 Å². The van der Waals surface area contributed by atoms with Gasteiger partial charge in [0.15, 0.2) is 10.3 Å². The molecule has 2 aromatic rings. The summed E-state index contributed by atoms with van der Waals surface area (Å²) in [7, 11) is 0. The smallest absolute Gasteiger partial charge is 0.232 e. The van der Waals surface area contributed by atoms with Crippen molar-refractivity contribution in [2.75, 3.05) is 23.3 Å². The quantitative estimate of drug-likeness (QED) is 0.418. The Labute approximate surface area is 181 Å². The van der Waals surface area contributed by atoms with Crippen molar-refractivity contribution >= 4 is 40.9 Å². The first-order valence-corrected chi connectivity index (χ1v) is 11.5. The molecule has 0 amide bonds. The molecule has 154 valence electrons. The van der Waals surface area contributed by atoms with Crippen molar-refractivity contribution in [2.24, 2.45) is 5.92 Å². The summed E-state index contributed by atoms with van der Waals surface area (Å²) in [6, 6.07) is 4.29. The van der Waals surface area contributed by atoms with E-state index in [1.165, 1.54) is 50.3 Å². The third-order valence-corrected chi connectivity index (χ3v) is 6.48. The topological polar surface area (TPSA) is 78.9 Å². The molecule has 1 aliphatic heterocycles. The van der Waals surface area contributed by atoms with Crippen LogP contribution >= 0.6 is 24.0 Å². The fourth-order valence-electron chi connectivity index (χ4n) is 3.75. The molecule has 3 heterocycles. The Kier molecular flexibility index (Phi) is 6.76. The third kappa shape index (κ3) is 5.76. The normalized spacial score (nSPS) is 18.0. The molecule has 1 aliphatic carbocycles. The lowest BCUT2D eigenvalue weighted by molar-refractivity contribution is 0.436. The van der Waals surface area contributed by atoms with Gasteiger partial charge in [-0.05, 0) is 61.6 Å². The minimum atomic E-state index is 0.452. The Morgan fingerprint density at radius 3 is 2.55 bits per heavy atom. The lowest BCUT2D eigenvalue weighted by Crippen LogP contribution is -2.37. The molecule has 0 radical (unpaired) electrons. The van der Waals surface area contributed by atoms with Crippen molar-refractivity contribution in [2.45, 2.75) is 61.7 Å². The second-order valence-corrected chi connectivity index (χ2v) is 9.17. The maximum Gasteiger partial charge on any atom is 0.232 e. The predicted molar refractivity (Wildman–Crippen MR) is 120 cm³/mol. The number of hydrogen-bond acceptors (Lipinski definition) is 7. The fourth-order valence-corrected chi connectivity index (χ4v) is 4.71. The summed E-state index contributed by atoms with van der Waals surface area (Å²) in [4.78, 5) is 20.4. The molecule has 4 rings (SSSR count). The first kappa shape index (κ1) is 20.3. The summed E-state index contributed by atoms with van der Waals surface area (Å²) in [5, 5.41) is 8.67. The summed E-state index contributed by atoms with van der Waals surface area (Å²) in [6.45, 7) is 4.33. The van der Waals surface area contributed by atoms with E-state index in [9.17, 15) is 0 Å². The molecule has 0 atom stereocenters. The Morgan fingerprint density at radius 2 is 1.83 bits per heavy atom. The lowest BCUT2D eigenvalue weighted by Gasteiger charge is -2.31. The van der Waals surface area contributed by atoms with Crippen LogP contribution in [0.2, 0.25) is 0 Å². The number of aromatic nitrogens is 4. The molecule has 7 nitrogen and oxygen atoms in total. The molecule has 0 spiro atoms. The number of hydrogen-bond donors (Lipinski definition) is 2. The predicted octanol–water partition coefficient (Wildman–Crippen LogP) is 3.88. The van der Waals surface area contributed by atoms with E-state index >= 15 is 0 Å². The van der Waals surface area contributed by atoms with E-state index in [1.54, 1.807) is 12.4 Å². The fraction of sp³-hybridized carbons (Fsp3) is 0.550. The van der Waals surface area contributed by atoms with Gasteiger partial charge in [-0.1, -0.05) is 19.8 Å². The van der Waals surface area contributed by atoms with Crippen molar-refractivity contribution in [3.8, 4) is 0 Å². The largest absolute Gasteiger partial charge is 0.360 e. The highest BCUT2D eigenvalue weighted by Crippen LogP contribution is 2.29. The van der Waals surface area contributed by atoms with Crippen LogP contribution in [0.25, 0.3) is 0 Å². The van der Waals surface area contributed by atoms with Crippen LogP contribution < -0.4 is 15.5 Å². The maximum atomic E-state index is 5.51. The van der Waals surface area contributed by atoms with Crippen LogP contribution in [-0.4, -0.2) is 44.2 Å². The van der Waals surface area contributed by atoms with Gasteiger partial charge in [0.1, 0.15) is 10.8 Å². The molecule has 29 heavy (non-hydrogen) atoms. The monoisotopic (exact) mass is 429 g/mol. The number of thiocarbonyl (C=S) groups is 1. The van der Waals surface area contributed by atoms with Crippen molar-refractivity contribution in [3.05, 3.63) is 24.5 Å². The van der Waals surface area contributed by atoms with Crippen molar-refractivity contribution < 1.29 is 0 Å². The van der Waals surface area contributed by atoms with E-state index in [0.717, 1.165) is 29.9 Å². The summed E-state index contributed by atoms with van der Waals surface area (Å²) >= 11 is 6.95. The van der Waals surface area contributed by atoms with Crippen LogP contribution in [0.15, 0.2) is 34.7 Å². The van der Waals surface area contributed by atoms with E-state index in [1.807, 2.05) is 12.1 Å². The van der Waals surface area contributed by atoms with Crippen molar-refractivity contribution in [1.82, 2.24) is 25.3 Å². The van der Waals surface area contributed by atoms with Gasteiger partial charge in [0.2, 0.25) is 5.95 Å². The summed E-state index contributed by atoms with van der Waals surface area (Å²) in [5.41, 5.74) is 0. The van der Waals surface area contributed by atoms with E-state index in [2.05, 4.69) is 37.4 Å². The van der Waals surface area contributed by atoms with E-state index in [0.29, 0.717) is 22.3 Å². The van der Waals surface area contributed by atoms with Gasteiger partial charge in [0.05, 0.1) is 0 Å². The molecular formula is C20H27N7S2. The van der Waals surface area contributed by atoms with Gasteiger partial charge in [0.25, 0.3) is 0 Å². The Balaban J connectivity index is 1.52. The van der Waals surface area contributed by atoms with Crippen molar-refractivity contribution in [1.29, 1.82) is 0 Å². The number of nitrogens with one attached hydrogen (secondary N) is 2. The third-order valence-electron chi connectivity index (χ3n) is 5.45. The zero-order valence-corrected chi connectivity index (χ0v) is 18.3. The average Bonchev–Trinajstić information content (AvgIpc) is 3.22. The lowest BCUT2D eigenvalue weighted by atomic mass is 9.99. The molecular weight excluding hydrogens is 402 g/mol. The van der Waals surface area contributed by atoms with Crippen LogP contribution in [0, 0.1) is 5.92 Å². The van der Waals surface area contributed by atoms with E-state index < -0.39 is 0 Å². The van der Waals surface area contributed by atoms with Gasteiger partial charge in [-0.15, -0.1) is 0 Å². The molecule has 2 N–H and O–H groups in total. The summed E-state index contributed by atoms with van der Waals surface area (Å²) in [6.07, 6.45) is 10.7. The molecule has 0 unspecified atom stereocenters. The van der Waals surface area contributed by atoms with Gasteiger partial charge >= 0.3 is 0 Å².